The second kappa shape index (κ2) is 12.7. The fourth-order valence-electron chi connectivity index (χ4n) is 5.28. The molecule has 9 nitrogen and oxygen atoms in total. The van der Waals surface area contributed by atoms with E-state index in [4.69, 9.17) is 13.9 Å². The quantitative estimate of drug-likeness (QED) is 0.0877. The maximum Gasteiger partial charge on any atom is 0.296 e. The lowest BCUT2D eigenvalue weighted by molar-refractivity contribution is -0.117. The summed E-state index contributed by atoms with van der Waals surface area (Å²) in [5.74, 6) is -0.906. The average molecular weight is 666 g/mol. The Bertz CT molecular complexity index is 2160. The predicted octanol–water partition coefficient (Wildman–Crippen LogP) is 8.30. The van der Waals surface area contributed by atoms with E-state index in [1.54, 1.807) is 78.9 Å². The third-order valence-electron chi connectivity index (χ3n) is 7.47. The van der Waals surface area contributed by atoms with E-state index in [9.17, 15) is 19.1 Å². The highest BCUT2D eigenvalue weighted by molar-refractivity contribution is 8.00. The van der Waals surface area contributed by atoms with Gasteiger partial charge in [0.2, 0.25) is 10.9 Å². The third-order valence-corrected chi connectivity index (χ3v) is 9.57. The van der Waals surface area contributed by atoms with Crippen LogP contribution in [-0.2, 0) is 10.5 Å². The SMILES string of the molecule is COc1cccc2cc(C(=O)C3=C(O)C(=O)N(c4nnc(SCc5ccccc5F)s4)C3c3cccc(Oc4ccccc4)c3)oc12. The van der Waals surface area contributed by atoms with Gasteiger partial charge in [0, 0.05) is 11.1 Å². The number of halogens is 1. The number of carbonyl (C=O) groups is 2. The van der Waals surface area contributed by atoms with E-state index in [1.165, 1.54) is 29.8 Å². The summed E-state index contributed by atoms with van der Waals surface area (Å²) in [4.78, 5) is 29.2. The molecule has 0 radical (unpaired) electrons. The summed E-state index contributed by atoms with van der Waals surface area (Å²) in [5, 5.41) is 20.5. The lowest BCUT2D eigenvalue weighted by atomic mass is 9.95. The summed E-state index contributed by atoms with van der Waals surface area (Å²) < 4.78 is 32.1. The first-order valence-corrected chi connectivity index (χ1v) is 16.1. The Kier molecular flexibility index (Phi) is 8.19. The predicted molar refractivity (Wildman–Crippen MR) is 176 cm³/mol. The molecule has 0 fully saturated rings. The van der Waals surface area contributed by atoms with Crippen molar-refractivity contribution >= 4 is 50.9 Å². The zero-order valence-corrected chi connectivity index (χ0v) is 26.3. The van der Waals surface area contributed by atoms with E-state index in [2.05, 4.69) is 10.2 Å². The maximum atomic E-state index is 14.2. The minimum atomic E-state index is -1.11. The number of fused-ring (bicyclic) bond motifs is 1. The second-order valence-corrected chi connectivity index (χ2v) is 12.6. The number of ketones is 1. The summed E-state index contributed by atoms with van der Waals surface area (Å²) in [6, 6.07) is 28.2. The van der Waals surface area contributed by atoms with Crippen LogP contribution in [0.15, 0.2) is 123 Å². The van der Waals surface area contributed by atoms with Gasteiger partial charge in [-0.1, -0.05) is 83.8 Å². The van der Waals surface area contributed by atoms with Crippen molar-refractivity contribution in [3.8, 4) is 17.2 Å². The molecular formula is C35H24FN3O6S2. The van der Waals surface area contributed by atoms with E-state index in [0.29, 0.717) is 49.4 Å². The highest BCUT2D eigenvalue weighted by atomic mass is 32.2. The van der Waals surface area contributed by atoms with Gasteiger partial charge in [0.15, 0.2) is 27.2 Å². The summed E-state index contributed by atoms with van der Waals surface area (Å²) in [5.41, 5.74) is 1.13. The number of ether oxygens (including phenoxy) is 2. The Morgan fingerprint density at radius 1 is 0.979 bits per heavy atom. The van der Waals surface area contributed by atoms with Crippen LogP contribution in [0.4, 0.5) is 9.52 Å². The number of para-hydroxylation sites is 2. The van der Waals surface area contributed by atoms with Gasteiger partial charge in [0.05, 0.1) is 18.7 Å². The normalized spacial score (nSPS) is 14.6. The second-order valence-electron chi connectivity index (χ2n) is 10.4. The number of benzene rings is 4. The van der Waals surface area contributed by atoms with Crippen molar-refractivity contribution in [2.75, 3.05) is 12.0 Å². The number of aliphatic hydroxyl groups is 1. The Morgan fingerprint density at radius 3 is 2.55 bits per heavy atom. The number of thioether (sulfide) groups is 1. The number of furan rings is 1. The van der Waals surface area contributed by atoms with Crippen molar-refractivity contribution in [1.29, 1.82) is 0 Å². The van der Waals surface area contributed by atoms with Gasteiger partial charge in [0.25, 0.3) is 5.91 Å². The number of rotatable bonds is 10. The number of hydrogen-bond acceptors (Lipinski definition) is 10. The van der Waals surface area contributed by atoms with E-state index in [0.717, 1.165) is 11.3 Å². The molecule has 1 aliphatic heterocycles. The molecule has 47 heavy (non-hydrogen) atoms. The van der Waals surface area contributed by atoms with Crippen LogP contribution in [0.25, 0.3) is 11.0 Å². The first-order valence-electron chi connectivity index (χ1n) is 14.3. The van der Waals surface area contributed by atoms with Gasteiger partial charge in [-0.2, -0.15) is 0 Å². The van der Waals surface area contributed by atoms with Crippen molar-refractivity contribution in [2.45, 2.75) is 16.1 Å². The first-order chi connectivity index (χ1) is 22.9. The molecule has 0 bridgehead atoms. The standard InChI is InChI=1S/C35H24FN3O6S2/c1-43-26-16-8-11-21-18-27(45-32(21)26)30(40)28-29(20-10-7-14-24(17-20)44-23-12-3-2-4-13-23)39(33(42)31(28)41)34-37-38-35(47-34)46-19-22-9-5-6-15-25(22)36/h2-18,29,41H,19H2,1H3. The van der Waals surface area contributed by atoms with E-state index in [-0.39, 0.29) is 22.3 Å². The number of nitrogens with zero attached hydrogens (tertiary/aromatic N) is 3. The fraction of sp³-hybridized carbons (Fsp3) is 0.0857. The summed E-state index contributed by atoms with van der Waals surface area (Å²) in [7, 11) is 1.49. The monoisotopic (exact) mass is 665 g/mol. The van der Waals surface area contributed by atoms with Gasteiger partial charge in [-0.05, 0) is 53.6 Å². The number of anilines is 1. The van der Waals surface area contributed by atoms with E-state index < -0.39 is 23.5 Å². The number of carbonyl (C=O) groups excluding carboxylic acids is 2. The fourth-order valence-corrected chi connectivity index (χ4v) is 7.13. The van der Waals surface area contributed by atoms with Crippen LogP contribution >= 0.6 is 23.1 Å². The minimum absolute atomic E-state index is 0.0826. The molecule has 0 aliphatic carbocycles. The summed E-state index contributed by atoms with van der Waals surface area (Å²) >= 11 is 2.34. The van der Waals surface area contributed by atoms with Crippen LogP contribution in [-0.4, -0.2) is 34.1 Å². The van der Waals surface area contributed by atoms with Gasteiger partial charge in [0.1, 0.15) is 17.3 Å². The Balaban J connectivity index is 1.27. The number of amides is 1. The highest BCUT2D eigenvalue weighted by Crippen LogP contribution is 2.45. The van der Waals surface area contributed by atoms with Crippen LogP contribution in [0.2, 0.25) is 0 Å². The van der Waals surface area contributed by atoms with Gasteiger partial charge in [-0.3, -0.25) is 14.5 Å². The largest absolute Gasteiger partial charge is 0.503 e. The molecule has 1 N–H and O–H groups in total. The van der Waals surface area contributed by atoms with Gasteiger partial charge < -0.3 is 19.0 Å². The molecule has 6 aromatic rings. The smallest absolute Gasteiger partial charge is 0.296 e. The van der Waals surface area contributed by atoms with E-state index >= 15 is 0 Å². The molecule has 1 amide bonds. The third kappa shape index (κ3) is 5.84. The van der Waals surface area contributed by atoms with Crippen LogP contribution in [0.1, 0.15) is 27.7 Å². The van der Waals surface area contributed by atoms with Crippen LogP contribution in [0.3, 0.4) is 0 Å². The molecule has 4 aromatic carbocycles. The molecule has 1 aliphatic rings. The topological polar surface area (TPSA) is 115 Å². The molecule has 1 unspecified atom stereocenters. The van der Waals surface area contributed by atoms with Gasteiger partial charge in [-0.25, -0.2) is 4.39 Å². The number of aromatic nitrogens is 2. The van der Waals surface area contributed by atoms with Crippen molar-refractivity contribution < 1.29 is 33.0 Å². The molecule has 7 rings (SSSR count). The molecule has 12 heteroatoms. The van der Waals surface area contributed by atoms with Crippen molar-refractivity contribution in [2.24, 2.45) is 0 Å². The zero-order valence-electron chi connectivity index (χ0n) is 24.6. The highest BCUT2D eigenvalue weighted by Gasteiger charge is 2.47. The Hall–Kier alpha value is -5.46. The van der Waals surface area contributed by atoms with Crippen molar-refractivity contribution in [3.05, 3.63) is 137 Å². The number of hydrogen-bond donors (Lipinski definition) is 1. The summed E-state index contributed by atoms with van der Waals surface area (Å²) in [6.07, 6.45) is 0. The Labute approximate surface area is 275 Å². The number of methoxy groups -OCH3 is 1. The molecule has 0 spiro atoms. The zero-order chi connectivity index (χ0) is 32.5. The molecule has 0 saturated carbocycles. The molecule has 2 aromatic heterocycles. The van der Waals surface area contributed by atoms with Crippen LogP contribution < -0.4 is 14.4 Å². The first kappa shape index (κ1) is 30.2. The molecule has 0 saturated heterocycles. The van der Waals surface area contributed by atoms with Crippen molar-refractivity contribution in [1.82, 2.24) is 10.2 Å². The van der Waals surface area contributed by atoms with E-state index in [1.807, 2.05) is 18.2 Å². The maximum absolute atomic E-state index is 14.2. The molecule has 3 heterocycles. The van der Waals surface area contributed by atoms with Gasteiger partial charge in [-0.15, -0.1) is 10.2 Å². The van der Waals surface area contributed by atoms with Crippen molar-refractivity contribution in [3.63, 3.8) is 0 Å². The number of Topliss-reactive ketones (excluding diaryl/α,β-unsaturated/α-hetero) is 1. The molecule has 234 valence electrons. The minimum Gasteiger partial charge on any atom is -0.503 e. The molecule has 1 atom stereocenters. The average Bonchev–Trinajstić information content (AvgIpc) is 3.81. The van der Waals surface area contributed by atoms with Crippen LogP contribution in [0, 0.1) is 5.82 Å². The Morgan fingerprint density at radius 2 is 1.74 bits per heavy atom. The lowest BCUT2D eigenvalue weighted by Gasteiger charge is -2.24. The summed E-state index contributed by atoms with van der Waals surface area (Å²) in [6.45, 7) is 0. The lowest BCUT2D eigenvalue weighted by Crippen LogP contribution is -2.31. The molecular weight excluding hydrogens is 642 g/mol. The van der Waals surface area contributed by atoms with Crippen LogP contribution in [0.5, 0.6) is 17.2 Å². The number of aliphatic hydroxyl groups excluding tert-OH is 1. The van der Waals surface area contributed by atoms with Gasteiger partial charge >= 0.3 is 0 Å².